The van der Waals surface area contributed by atoms with Gasteiger partial charge in [-0.15, -0.1) is 0 Å². The largest absolute Gasteiger partial charge is 0.498 e. The van der Waals surface area contributed by atoms with Gasteiger partial charge in [-0.25, -0.2) is 0 Å². The molecule has 0 bridgehead atoms. The molecule has 2 atom stereocenters. The molecule has 0 saturated carbocycles. The van der Waals surface area contributed by atoms with Crippen molar-refractivity contribution in [1.29, 1.82) is 0 Å². The van der Waals surface area contributed by atoms with Crippen molar-refractivity contribution in [2.24, 2.45) is 5.41 Å². The lowest BCUT2D eigenvalue weighted by Crippen LogP contribution is -2.31. The predicted molar refractivity (Wildman–Crippen MR) is 97.9 cm³/mol. The molecule has 0 aromatic heterocycles. The van der Waals surface area contributed by atoms with Gasteiger partial charge in [-0.1, -0.05) is 49.4 Å². The van der Waals surface area contributed by atoms with Crippen LogP contribution in [0.1, 0.15) is 38.7 Å². The Morgan fingerprint density at radius 3 is 2.68 bits per heavy atom. The maximum absolute atomic E-state index is 12.5. The summed E-state index contributed by atoms with van der Waals surface area (Å²) in [5.74, 6) is 0.815. The first kappa shape index (κ1) is 19.4. The number of ketones is 1. The van der Waals surface area contributed by atoms with Crippen LogP contribution in [0.15, 0.2) is 54.3 Å². The molecule has 1 aliphatic carbocycles. The van der Waals surface area contributed by atoms with Gasteiger partial charge in [0.1, 0.15) is 0 Å². The highest BCUT2D eigenvalue weighted by atomic mass is 16.5. The molecule has 1 aliphatic rings. The summed E-state index contributed by atoms with van der Waals surface area (Å²) in [6.07, 6.45) is 6.59. The summed E-state index contributed by atoms with van der Waals surface area (Å²) in [4.78, 5) is 12.5. The maximum Gasteiger partial charge on any atom is 0.168 e. The van der Waals surface area contributed by atoms with E-state index in [-0.39, 0.29) is 12.4 Å². The third-order valence-corrected chi connectivity index (χ3v) is 4.60. The van der Waals surface area contributed by atoms with Gasteiger partial charge in [-0.2, -0.15) is 0 Å². The van der Waals surface area contributed by atoms with Crippen molar-refractivity contribution in [3.05, 3.63) is 59.9 Å². The van der Waals surface area contributed by atoms with Gasteiger partial charge >= 0.3 is 0 Å². The van der Waals surface area contributed by atoms with E-state index in [0.29, 0.717) is 26.1 Å². The van der Waals surface area contributed by atoms with Crippen molar-refractivity contribution >= 4 is 5.78 Å². The lowest BCUT2D eigenvalue weighted by Gasteiger charge is -2.31. The third kappa shape index (κ3) is 5.55. The first-order valence-electron chi connectivity index (χ1n) is 8.96. The average molecular weight is 344 g/mol. The fraction of sp³-hybridized carbons (Fsp3) is 0.476. The molecule has 2 rings (SSSR count). The first-order valence-corrected chi connectivity index (χ1v) is 8.96. The Labute approximate surface area is 150 Å². The molecule has 25 heavy (non-hydrogen) atoms. The van der Waals surface area contributed by atoms with E-state index in [2.05, 4.69) is 0 Å². The van der Waals surface area contributed by atoms with Crippen LogP contribution < -0.4 is 0 Å². The van der Waals surface area contributed by atoms with Gasteiger partial charge in [0.25, 0.3) is 0 Å². The molecule has 1 aromatic rings. The lowest BCUT2D eigenvalue weighted by atomic mass is 9.73. The highest BCUT2D eigenvalue weighted by Crippen LogP contribution is 2.37. The van der Waals surface area contributed by atoms with Crippen LogP contribution in [0.3, 0.4) is 0 Å². The minimum atomic E-state index is -0.725. The molecule has 1 N–H and O–H groups in total. The molecular weight excluding hydrogens is 316 g/mol. The molecule has 0 amide bonds. The molecule has 0 radical (unpaired) electrons. The number of ether oxygens (including phenoxy) is 2. The number of carbonyl (C=O) groups is 1. The minimum absolute atomic E-state index is 0.0540. The zero-order valence-corrected chi connectivity index (χ0v) is 15.1. The number of aliphatic hydroxyl groups excluding tert-OH is 1. The molecule has 0 saturated heterocycles. The monoisotopic (exact) mass is 344 g/mol. The predicted octanol–water partition coefficient (Wildman–Crippen LogP) is 3.80. The van der Waals surface area contributed by atoms with Crippen LogP contribution in [-0.4, -0.2) is 30.2 Å². The Morgan fingerprint density at radius 1 is 1.28 bits per heavy atom. The lowest BCUT2D eigenvalue weighted by molar-refractivity contribution is -0.123. The van der Waals surface area contributed by atoms with Crippen molar-refractivity contribution < 1.29 is 19.4 Å². The van der Waals surface area contributed by atoms with Gasteiger partial charge < -0.3 is 14.6 Å². The van der Waals surface area contributed by atoms with Crippen molar-refractivity contribution in [3.63, 3.8) is 0 Å². The highest BCUT2D eigenvalue weighted by Gasteiger charge is 2.36. The SMILES string of the molecule is CCOC1=CC(=O)[C@@](/C=C/[C@H](O)COCc2ccccc2)(CC)CC1. The zero-order valence-electron chi connectivity index (χ0n) is 15.1. The van der Waals surface area contributed by atoms with E-state index in [9.17, 15) is 9.90 Å². The molecule has 4 nitrogen and oxygen atoms in total. The second kappa shape index (κ2) is 9.54. The zero-order chi connectivity index (χ0) is 18.1. The highest BCUT2D eigenvalue weighted by molar-refractivity contribution is 5.97. The molecule has 0 spiro atoms. The van der Waals surface area contributed by atoms with Crippen molar-refractivity contribution in [2.75, 3.05) is 13.2 Å². The summed E-state index contributed by atoms with van der Waals surface area (Å²) in [5, 5.41) is 10.1. The Kier molecular flexibility index (Phi) is 7.41. The topological polar surface area (TPSA) is 55.8 Å². The van der Waals surface area contributed by atoms with Crippen LogP contribution in [0.2, 0.25) is 0 Å². The van der Waals surface area contributed by atoms with Crippen LogP contribution in [0.4, 0.5) is 0 Å². The van der Waals surface area contributed by atoms with Gasteiger partial charge in [-0.3, -0.25) is 4.79 Å². The summed E-state index contributed by atoms with van der Waals surface area (Å²) in [7, 11) is 0. The van der Waals surface area contributed by atoms with Crippen LogP contribution in [-0.2, 0) is 20.9 Å². The molecule has 0 fully saturated rings. The summed E-state index contributed by atoms with van der Waals surface area (Å²) in [5.41, 5.74) is 0.529. The van der Waals surface area contributed by atoms with Crippen LogP contribution in [0.5, 0.6) is 0 Å². The van der Waals surface area contributed by atoms with E-state index in [1.165, 1.54) is 0 Å². The van der Waals surface area contributed by atoms with Crippen molar-refractivity contribution in [3.8, 4) is 0 Å². The van der Waals surface area contributed by atoms with Crippen molar-refractivity contribution in [2.45, 2.75) is 45.8 Å². The van der Waals surface area contributed by atoms with Crippen LogP contribution in [0.25, 0.3) is 0 Å². The van der Waals surface area contributed by atoms with Crippen LogP contribution in [0, 0.1) is 5.41 Å². The van der Waals surface area contributed by atoms with E-state index < -0.39 is 11.5 Å². The number of hydrogen-bond acceptors (Lipinski definition) is 4. The molecule has 136 valence electrons. The number of allylic oxidation sites excluding steroid dienone is 3. The number of hydrogen-bond donors (Lipinski definition) is 1. The Balaban J connectivity index is 1.88. The van der Waals surface area contributed by atoms with Gasteiger partial charge in [0.05, 0.1) is 37.1 Å². The summed E-state index contributed by atoms with van der Waals surface area (Å²) in [6.45, 7) is 5.16. The third-order valence-electron chi connectivity index (χ3n) is 4.60. The van der Waals surface area contributed by atoms with E-state index in [0.717, 1.165) is 17.7 Å². The molecule has 0 heterocycles. The summed E-state index contributed by atoms with van der Waals surface area (Å²) < 4.78 is 11.0. The normalized spacial score (nSPS) is 22.0. The van der Waals surface area contributed by atoms with Gasteiger partial charge in [-0.05, 0) is 25.3 Å². The number of benzene rings is 1. The fourth-order valence-corrected chi connectivity index (χ4v) is 2.99. The number of aliphatic hydroxyl groups is 1. The van der Waals surface area contributed by atoms with E-state index in [1.807, 2.05) is 50.3 Å². The first-order chi connectivity index (χ1) is 12.1. The number of rotatable bonds is 9. The standard InChI is InChI=1S/C21H28O4/c1-3-21(13-11-19(25-4-2)14-20(21)23)12-10-18(22)16-24-15-17-8-6-5-7-9-17/h5-10,12,14,18,22H,3-4,11,13,15-16H2,1-2H3/b12-10+/t18-,21+/m0/s1. The summed E-state index contributed by atoms with van der Waals surface area (Å²) >= 11 is 0. The number of carbonyl (C=O) groups excluding carboxylic acids is 1. The van der Waals surface area contributed by atoms with E-state index >= 15 is 0 Å². The fourth-order valence-electron chi connectivity index (χ4n) is 2.99. The van der Waals surface area contributed by atoms with Gasteiger partial charge in [0, 0.05) is 12.5 Å². The summed E-state index contributed by atoms with van der Waals surface area (Å²) in [6, 6.07) is 9.84. The van der Waals surface area contributed by atoms with Gasteiger partial charge in [0.2, 0.25) is 0 Å². The molecular formula is C21H28O4. The molecule has 0 aliphatic heterocycles. The Bertz CT molecular complexity index is 606. The second-order valence-corrected chi connectivity index (χ2v) is 6.34. The molecule has 1 aromatic carbocycles. The molecule has 0 unspecified atom stereocenters. The smallest absolute Gasteiger partial charge is 0.168 e. The second-order valence-electron chi connectivity index (χ2n) is 6.34. The van der Waals surface area contributed by atoms with E-state index in [1.54, 1.807) is 12.2 Å². The Morgan fingerprint density at radius 2 is 2.04 bits per heavy atom. The minimum Gasteiger partial charge on any atom is -0.498 e. The van der Waals surface area contributed by atoms with Crippen LogP contribution >= 0.6 is 0 Å². The quantitative estimate of drug-likeness (QED) is 0.692. The average Bonchev–Trinajstić information content (AvgIpc) is 2.63. The van der Waals surface area contributed by atoms with E-state index in [4.69, 9.17) is 9.47 Å². The van der Waals surface area contributed by atoms with Crippen molar-refractivity contribution in [1.82, 2.24) is 0 Å². The maximum atomic E-state index is 12.5. The Hall–Kier alpha value is -1.91. The molecule has 4 heteroatoms. The van der Waals surface area contributed by atoms with Gasteiger partial charge in [0.15, 0.2) is 5.78 Å².